The Balaban J connectivity index is 2.77. The lowest BCUT2D eigenvalue weighted by molar-refractivity contribution is 1.14. The smallest absolute Gasteiger partial charge is 0.138 e. The first-order chi connectivity index (χ1) is 6.22. The lowest BCUT2D eigenvalue weighted by Gasteiger charge is -1.94. The Morgan fingerprint density at radius 1 is 1.46 bits per heavy atom. The molecule has 0 unspecified atom stereocenters. The number of nitrogens with zero attached hydrogens (tertiary/aromatic N) is 2. The summed E-state index contributed by atoms with van der Waals surface area (Å²) in [5.74, 6) is 0.389. The second-order valence-electron chi connectivity index (χ2n) is 2.56. The average Bonchev–Trinajstić information content (AvgIpc) is 2.44. The molecule has 13 heavy (non-hydrogen) atoms. The van der Waals surface area contributed by atoms with Crippen molar-refractivity contribution in [2.24, 2.45) is 0 Å². The van der Waals surface area contributed by atoms with Crippen molar-refractivity contribution in [3.05, 3.63) is 33.6 Å². The zero-order valence-corrected chi connectivity index (χ0v) is 9.57. The number of pyridine rings is 1. The van der Waals surface area contributed by atoms with Gasteiger partial charge < -0.3 is 0 Å². The van der Waals surface area contributed by atoms with E-state index in [0.717, 1.165) is 15.9 Å². The number of alkyl halides is 1. The molecular formula is C8H5BrCl2N2. The molecular weight excluding hydrogens is 275 g/mol. The number of hydrogen-bond acceptors (Lipinski definition) is 1. The largest absolute Gasteiger partial charge is 0.292 e. The van der Waals surface area contributed by atoms with Gasteiger partial charge >= 0.3 is 0 Å². The van der Waals surface area contributed by atoms with Crippen molar-refractivity contribution in [3.63, 3.8) is 0 Å². The van der Waals surface area contributed by atoms with Gasteiger partial charge in [-0.05, 0) is 28.1 Å². The van der Waals surface area contributed by atoms with E-state index in [2.05, 4.69) is 20.9 Å². The molecule has 0 bridgehead atoms. The zero-order chi connectivity index (χ0) is 9.42. The van der Waals surface area contributed by atoms with E-state index in [1.807, 2.05) is 10.5 Å². The predicted octanol–water partition coefficient (Wildman–Crippen LogP) is 3.49. The first kappa shape index (κ1) is 9.31. The molecule has 0 aliphatic carbocycles. The third-order valence-corrected chi connectivity index (χ3v) is 3.03. The van der Waals surface area contributed by atoms with Crippen LogP contribution in [0.5, 0.6) is 0 Å². The zero-order valence-electron chi connectivity index (χ0n) is 6.47. The molecule has 0 aliphatic heterocycles. The fourth-order valence-corrected chi connectivity index (χ4v) is 2.15. The molecule has 2 heterocycles. The van der Waals surface area contributed by atoms with E-state index in [1.165, 1.54) is 0 Å². The van der Waals surface area contributed by atoms with Crippen LogP contribution in [-0.2, 0) is 5.88 Å². The first-order valence-electron chi connectivity index (χ1n) is 3.60. The van der Waals surface area contributed by atoms with Crippen LogP contribution in [0.2, 0.25) is 5.02 Å². The third kappa shape index (κ3) is 1.56. The summed E-state index contributed by atoms with van der Waals surface area (Å²) in [7, 11) is 0. The fourth-order valence-electron chi connectivity index (χ4n) is 1.12. The summed E-state index contributed by atoms with van der Waals surface area (Å²) in [6, 6.07) is 3.65. The maximum atomic E-state index is 5.84. The highest BCUT2D eigenvalue weighted by molar-refractivity contribution is 9.10. The molecule has 0 saturated carbocycles. The maximum absolute atomic E-state index is 5.84. The highest BCUT2D eigenvalue weighted by Crippen LogP contribution is 2.22. The Kier molecular flexibility index (Phi) is 2.49. The second-order valence-corrected chi connectivity index (χ2v) is 4.01. The first-order valence-corrected chi connectivity index (χ1v) is 5.31. The van der Waals surface area contributed by atoms with Crippen LogP contribution in [0.15, 0.2) is 22.9 Å². The van der Waals surface area contributed by atoms with Crippen LogP contribution in [0.4, 0.5) is 0 Å². The van der Waals surface area contributed by atoms with Gasteiger partial charge in [0.1, 0.15) is 10.3 Å². The molecule has 0 aromatic carbocycles. The number of hydrogen-bond donors (Lipinski definition) is 0. The van der Waals surface area contributed by atoms with Gasteiger partial charge in [-0.25, -0.2) is 4.98 Å². The van der Waals surface area contributed by atoms with Gasteiger partial charge in [0.05, 0.1) is 16.6 Å². The molecule has 0 amide bonds. The number of fused-ring (bicyclic) bond motifs is 1. The van der Waals surface area contributed by atoms with E-state index in [-0.39, 0.29) is 0 Å². The normalized spacial score (nSPS) is 11.0. The van der Waals surface area contributed by atoms with Crippen LogP contribution in [0.1, 0.15) is 5.69 Å². The molecule has 0 fully saturated rings. The van der Waals surface area contributed by atoms with E-state index in [0.29, 0.717) is 10.9 Å². The summed E-state index contributed by atoms with van der Waals surface area (Å²) in [5.41, 5.74) is 1.66. The van der Waals surface area contributed by atoms with Crippen molar-refractivity contribution in [3.8, 4) is 0 Å². The van der Waals surface area contributed by atoms with Crippen LogP contribution < -0.4 is 0 Å². The Bertz CT molecular complexity index is 453. The Hall–Kier alpha value is -0.250. The molecule has 2 rings (SSSR count). The summed E-state index contributed by atoms with van der Waals surface area (Å²) in [5, 5.41) is 0.673. The molecule has 2 aromatic heterocycles. The van der Waals surface area contributed by atoms with Crippen molar-refractivity contribution < 1.29 is 0 Å². The molecule has 68 valence electrons. The Morgan fingerprint density at radius 3 is 2.92 bits per heavy atom. The van der Waals surface area contributed by atoms with Crippen molar-refractivity contribution in [1.29, 1.82) is 0 Å². The number of halogens is 3. The number of imidazole rings is 1. The van der Waals surface area contributed by atoms with Crippen molar-refractivity contribution in [1.82, 2.24) is 9.38 Å². The van der Waals surface area contributed by atoms with E-state index in [9.17, 15) is 0 Å². The minimum absolute atomic E-state index is 0.389. The van der Waals surface area contributed by atoms with Gasteiger partial charge in [0, 0.05) is 6.20 Å². The molecule has 0 atom stereocenters. The van der Waals surface area contributed by atoms with Gasteiger partial charge in [-0.2, -0.15) is 0 Å². The van der Waals surface area contributed by atoms with Crippen LogP contribution in [0.25, 0.3) is 5.65 Å². The summed E-state index contributed by atoms with van der Waals surface area (Å²) in [6.07, 6.45) is 1.80. The van der Waals surface area contributed by atoms with Gasteiger partial charge in [-0.15, -0.1) is 11.6 Å². The molecule has 0 radical (unpaired) electrons. The molecule has 0 spiro atoms. The van der Waals surface area contributed by atoms with Crippen molar-refractivity contribution in [2.45, 2.75) is 5.88 Å². The third-order valence-electron chi connectivity index (χ3n) is 1.72. The number of rotatable bonds is 1. The molecule has 5 heteroatoms. The summed E-state index contributed by atoms with van der Waals surface area (Å²) in [6.45, 7) is 0. The summed E-state index contributed by atoms with van der Waals surface area (Å²) >= 11 is 14.9. The van der Waals surface area contributed by atoms with Crippen LogP contribution in [0.3, 0.4) is 0 Å². The van der Waals surface area contributed by atoms with E-state index in [4.69, 9.17) is 23.2 Å². The van der Waals surface area contributed by atoms with Gasteiger partial charge in [0.15, 0.2) is 0 Å². The van der Waals surface area contributed by atoms with Crippen LogP contribution in [0, 0.1) is 0 Å². The van der Waals surface area contributed by atoms with Gasteiger partial charge in [-0.3, -0.25) is 4.40 Å². The second kappa shape index (κ2) is 3.48. The van der Waals surface area contributed by atoms with Crippen LogP contribution >= 0.6 is 39.1 Å². The number of aromatic nitrogens is 2. The predicted molar refractivity (Wildman–Crippen MR) is 57.5 cm³/mol. The SMILES string of the molecule is ClCc1nc2ccc(Cl)cn2c1Br. The standard InChI is InChI=1S/C8H5BrCl2N2/c9-8-6(3-10)12-7-2-1-5(11)4-13(7)8/h1-2,4H,3H2. The lowest BCUT2D eigenvalue weighted by atomic mass is 10.5. The summed E-state index contributed by atoms with van der Waals surface area (Å²) in [4.78, 5) is 4.30. The fraction of sp³-hybridized carbons (Fsp3) is 0.125. The maximum Gasteiger partial charge on any atom is 0.138 e. The van der Waals surface area contributed by atoms with Crippen molar-refractivity contribution >= 4 is 44.8 Å². The minimum atomic E-state index is 0.389. The Labute approximate surface area is 93.6 Å². The highest BCUT2D eigenvalue weighted by atomic mass is 79.9. The average molecular weight is 280 g/mol. The topological polar surface area (TPSA) is 17.3 Å². The van der Waals surface area contributed by atoms with Crippen LogP contribution in [-0.4, -0.2) is 9.38 Å². The molecule has 2 nitrogen and oxygen atoms in total. The van der Waals surface area contributed by atoms with Gasteiger partial charge in [0.2, 0.25) is 0 Å². The van der Waals surface area contributed by atoms with Gasteiger partial charge in [0.25, 0.3) is 0 Å². The molecule has 0 N–H and O–H groups in total. The van der Waals surface area contributed by atoms with Crippen molar-refractivity contribution in [2.75, 3.05) is 0 Å². The summed E-state index contributed by atoms with van der Waals surface area (Å²) < 4.78 is 2.72. The quantitative estimate of drug-likeness (QED) is 0.731. The molecule has 0 aliphatic rings. The highest BCUT2D eigenvalue weighted by Gasteiger charge is 2.07. The molecule has 0 saturated heterocycles. The van der Waals surface area contributed by atoms with E-state index in [1.54, 1.807) is 12.3 Å². The lowest BCUT2D eigenvalue weighted by Crippen LogP contribution is -1.83. The van der Waals surface area contributed by atoms with E-state index < -0.39 is 0 Å². The monoisotopic (exact) mass is 278 g/mol. The van der Waals surface area contributed by atoms with E-state index >= 15 is 0 Å². The minimum Gasteiger partial charge on any atom is -0.292 e. The Morgan fingerprint density at radius 2 is 2.23 bits per heavy atom. The van der Waals surface area contributed by atoms with Gasteiger partial charge in [-0.1, -0.05) is 11.6 Å². The molecule has 2 aromatic rings.